The molecule has 2 rings (SSSR count). The van der Waals surface area contributed by atoms with Gasteiger partial charge in [-0.1, -0.05) is 12.4 Å². The molecule has 0 saturated heterocycles. The predicted molar refractivity (Wildman–Crippen MR) is 49.9 cm³/mol. The molecule has 0 radical (unpaired) electrons. The number of hydrogen-bond donors (Lipinski definition) is 0. The van der Waals surface area contributed by atoms with Crippen LogP contribution >= 0.6 is 12.2 Å². The summed E-state index contributed by atoms with van der Waals surface area (Å²) in [5.74, 6) is 0. The summed E-state index contributed by atoms with van der Waals surface area (Å²) in [6.07, 6.45) is 9.63. The van der Waals surface area contributed by atoms with Crippen molar-refractivity contribution in [3.8, 4) is 0 Å². The highest BCUT2D eigenvalue weighted by Crippen LogP contribution is 1.95. The van der Waals surface area contributed by atoms with Crippen molar-refractivity contribution in [1.29, 1.82) is 0 Å². The third kappa shape index (κ3) is 1.19. The maximum absolute atomic E-state index is 5.16. The van der Waals surface area contributed by atoms with E-state index >= 15 is 0 Å². The Hall–Kier alpha value is -1.35. The van der Waals surface area contributed by atoms with E-state index in [1.807, 2.05) is 36.7 Å². The zero-order valence-electron chi connectivity index (χ0n) is 6.27. The van der Waals surface area contributed by atoms with Crippen LogP contribution in [0.2, 0.25) is 0 Å². The van der Waals surface area contributed by atoms with Crippen LogP contribution in [0, 0.1) is 12.4 Å². The lowest BCUT2D eigenvalue weighted by molar-refractivity contribution is 1.04. The summed E-state index contributed by atoms with van der Waals surface area (Å²) < 4.78 is 3.48. The highest BCUT2D eigenvalue weighted by Gasteiger charge is 1.86. The Bertz CT molecular complexity index is 323. The van der Waals surface area contributed by atoms with E-state index in [1.165, 1.54) is 0 Å². The van der Waals surface area contributed by atoms with Crippen molar-refractivity contribution in [2.75, 3.05) is 0 Å². The van der Waals surface area contributed by atoms with Gasteiger partial charge in [0, 0.05) is 0 Å². The third-order valence-corrected chi connectivity index (χ3v) is 1.90. The average Bonchev–Trinajstić information content (AvgIpc) is 2.77. The van der Waals surface area contributed by atoms with Crippen LogP contribution < -0.4 is 0 Å². The molecule has 2 aromatic heterocycles. The first-order valence-corrected chi connectivity index (χ1v) is 3.93. The van der Waals surface area contributed by atoms with Gasteiger partial charge in [0.1, 0.15) is 0 Å². The van der Waals surface area contributed by atoms with Crippen LogP contribution in [-0.4, -0.2) is 14.2 Å². The normalized spacial score (nSPS) is 10.0. The standard InChI is InChI=1S/C9H6N2S/c12-9(10-5-1-2-6-10)11-7-3-4-8-11/h1-5,7H/q-2. The minimum absolute atomic E-state index is 0.657. The molecule has 0 N–H and O–H groups in total. The van der Waals surface area contributed by atoms with Crippen molar-refractivity contribution in [3.05, 3.63) is 49.1 Å². The SMILES string of the molecule is S=C(n1[c-]ccc1)n1[c-]ccc1. The van der Waals surface area contributed by atoms with Crippen molar-refractivity contribution in [2.24, 2.45) is 0 Å². The van der Waals surface area contributed by atoms with E-state index < -0.39 is 0 Å². The molecular formula is C9H6N2S-2. The molecule has 0 bridgehead atoms. The molecule has 0 aromatic carbocycles. The summed E-state index contributed by atoms with van der Waals surface area (Å²) in [5.41, 5.74) is 0. The van der Waals surface area contributed by atoms with Crippen molar-refractivity contribution in [1.82, 2.24) is 9.13 Å². The van der Waals surface area contributed by atoms with Gasteiger partial charge in [-0.15, -0.1) is 36.7 Å². The lowest BCUT2D eigenvalue weighted by atomic mass is 10.7. The summed E-state index contributed by atoms with van der Waals surface area (Å²) >= 11 is 5.16. The average molecular weight is 174 g/mol. The fourth-order valence-corrected chi connectivity index (χ4v) is 1.17. The van der Waals surface area contributed by atoms with Crippen molar-refractivity contribution in [3.63, 3.8) is 0 Å². The van der Waals surface area contributed by atoms with E-state index in [4.69, 9.17) is 12.2 Å². The van der Waals surface area contributed by atoms with Crippen LogP contribution in [0.25, 0.3) is 0 Å². The van der Waals surface area contributed by atoms with Crippen LogP contribution in [-0.2, 0) is 0 Å². The molecule has 0 aliphatic rings. The second-order valence-electron chi connectivity index (χ2n) is 2.30. The fraction of sp³-hybridized carbons (Fsp3) is 0. The van der Waals surface area contributed by atoms with Gasteiger partial charge in [0.2, 0.25) is 0 Å². The van der Waals surface area contributed by atoms with Gasteiger partial charge in [-0.3, -0.25) is 0 Å². The largest absolute Gasteiger partial charge is 0.429 e. The zero-order chi connectivity index (χ0) is 8.39. The van der Waals surface area contributed by atoms with Gasteiger partial charge < -0.3 is 9.13 Å². The van der Waals surface area contributed by atoms with Crippen LogP contribution in [0.15, 0.2) is 36.7 Å². The monoisotopic (exact) mass is 174 g/mol. The van der Waals surface area contributed by atoms with Crippen molar-refractivity contribution >= 4 is 17.3 Å². The van der Waals surface area contributed by atoms with Gasteiger partial charge in [-0.05, 0) is 0 Å². The second-order valence-corrected chi connectivity index (χ2v) is 2.66. The summed E-state index contributed by atoms with van der Waals surface area (Å²) in [6, 6.07) is 7.40. The number of rotatable bonds is 0. The first-order chi connectivity index (χ1) is 5.88. The van der Waals surface area contributed by atoms with Crippen molar-refractivity contribution < 1.29 is 0 Å². The van der Waals surface area contributed by atoms with E-state index in [-0.39, 0.29) is 0 Å². The Balaban J connectivity index is 2.34. The number of thiocarbonyl (C=S) groups is 1. The highest BCUT2D eigenvalue weighted by atomic mass is 32.1. The van der Waals surface area contributed by atoms with E-state index in [9.17, 15) is 0 Å². The molecule has 0 fully saturated rings. The highest BCUT2D eigenvalue weighted by molar-refractivity contribution is 7.80. The molecule has 0 atom stereocenters. The first-order valence-electron chi connectivity index (χ1n) is 3.53. The van der Waals surface area contributed by atoms with Gasteiger partial charge >= 0.3 is 0 Å². The predicted octanol–water partition coefficient (Wildman–Crippen LogP) is 1.57. The lowest BCUT2D eigenvalue weighted by Gasteiger charge is -2.16. The Morgan fingerprint density at radius 2 is 1.50 bits per heavy atom. The first kappa shape index (κ1) is 7.31. The smallest absolute Gasteiger partial charge is 0.0858 e. The molecule has 2 nitrogen and oxygen atoms in total. The van der Waals surface area contributed by atoms with E-state index in [0.29, 0.717) is 5.11 Å². The van der Waals surface area contributed by atoms with Gasteiger partial charge in [0.15, 0.2) is 0 Å². The molecule has 2 aromatic rings. The van der Waals surface area contributed by atoms with Gasteiger partial charge in [0.25, 0.3) is 0 Å². The van der Waals surface area contributed by atoms with Crippen molar-refractivity contribution in [2.45, 2.75) is 0 Å². The van der Waals surface area contributed by atoms with E-state index in [1.54, 1.807) is 9.13 Å². The van der Waals surface area contributed by atoms with Crippen LogP contribution in [0.5, 0.6) is 0 Å². The topological polar surface area (TPSA) is 9.86 Å². The molecule has 0 aliphatic heterocycles. The molecule has 2 heterocycles. The summed E-state index contributed by atoms with van der Waals surface area (Å²) in [5, 5.41) is 0.657. The summed E-state index contributed by atoms with van der Waals surface area (Å²) in [6.45, 7) is 0. The summed E-state index contributed by atoms with van der Waals surface area (Å²) in [7, 11) is 0. The van der Waals surface area contributed by atoms with Crippen LogP contribution in [0.4, 0.5) is 0 Å². The fourth-order valence-electron chi connectivity index (χ4n) is 0.945. The molecule has 0 aliphatic carbocycles. The number of nitrogens with zero attached hydrogens (tertiary/aromatic N) is 2. The van der Waals surface area contributed by atoms with Gasteiger partial charge in [-0.2, -0.15) is 12.1 Å². The van der Waals surface area contributed by atoms with Crippen LogP contribution in [0.3, 0.4) is 0 Å². The Labute approximate surface area is 76.1 Å². The van der Waals surface area contributed by atoms with E-state index in [2.05, 4.69) is 12.4 Å². The maximum atomic E-state index is 5.16. The lowest BCUT2D eigenvalue weighted by Crippen LogP contribution is -2.15. The molecular weight excluding hydrogens is 168 g/mol. The molecule has 0 saturated carbocycles. The third-order valence-electron chi connectivity index (χ3n) is 1.50. The Morgan fingerprint density at radius 1 is 1.00 bits per heavy atom. The van der Waals surface area contributed by atoms with Gasteiger partial charge in [0.05, 0.1) is 5.11 Å². The number of hydrogen-bond acceptors (Lipinski definition) is 1. The zero-order valence-corrected chi connectivity index (χ0v) is 7.08. The van der Waals surface area contributed by atoms with Crippen LogP contribution in [0.1, 0.15) is 0 Å². The minimum Gasteiger partial charge on any atom is -0.429 e. The molecule has 3 heteroatoms. The summed E-state index contributed by atoms with van der Waals surface area (Å²) in [4.78, 5) is 0. The quantitative estimate of drug-likeness (QED) is 0.435. The molecule has 0 unspecified atom stereocenters. The molecule has 60 valence electrons. The van der Waals surface area contributed by atoms with E-state index in [0.717, 1.165) is 0 Å². The Morgan fingerprint density at radius 3 is 1.83 bits per heavy atom. The molecule has 12 heavy (non-hydrogen) atoms. The molecule has 0 spiro atoms. The second kappa shape index (κ2) is 2.95. The molecule has 0 amide bonds. The number of aromatic nitrogens is 2. The van der Waals surface area contributed by atoms with Gasteiger partial charge in [-0.25, -0.2) is 0 Å². The maximum Gasteiger partial charge on any atom is 0.0858 e. The minimum atomic E-state index is 0.657. The Kier molecular flexibility index (Phi) is 1.80.